The minimum Gasteiger partial charge on any atom is -0.350 e. The van der Waals surface area contributed by atoms with Crippen molar-refractivity contribution < 1.29 is 14.1 Å². The van der Waals surface area contributed by atoms with Crippen LogP contribution in [-0.2, 0) is 11.2 Å². The van der Waals surface area contributed by atoms with Gasteiger partial charge in [-0.3, -0.25) is 9.59 Å². The maximum Gasteiger partial charge on any atom is 0.251 e. The van der Waals surface area contributed by atoms with Gasteiger partial charge in [0.15, 0.2) is 0 Å². The first-order valence-electron chi connectivity index (χ1n) is 10.6. The lowest BCUT2D eigenvalue weighted by Gasteiger charge is -2.11. The van der Waals surface area contributed by atoms with E-state index in [0.29, 0.717) is 33.9 Å². The van der Waals surface area contributed by atoms with Gasteiger partial charge < -0.3 is 15.2 Å². The SMILES string of the molecule is CC(C)NC(=O)c1ccc(Cl)c(NC(=O)CCc2nc(-c3ccc(C(C)C)cc3)no2)c1. The van der Waals surface area contributed by atoms with Gasteiger partial charge in [-0.05, 0) is 43.5 Å². The number of hydrogen-bond donors (Lipinski definition) is 2. The molecule has 8 heteroatoms. The van der Waals surface area contributed by atoms with E-state index >= 15 is 0 Å². The van der Waals surface area contributed by atoms with E-state index in [1.165, 1.54) is 5.56 Å². The van der Waals surface area contributed by atoms with Crippen molar-refractivity contribution >= 4 is 29.1 Å². The van der Waals surface area contributed by atoms with Gasteiger partial charge in [0.05, 0.1) is 10.7 Å². The zero-order valence-corrected chi connectivity index (χ0v) is 19.4. The second-order valence-corrected chi connectivity index (χ2v) is 8.57. The van der Waals surface area contributed by atoms with E-state index in [1.54, 1.807) is 18.2 Å². The molecule has 0 spiro atoms. The van der Waals surface area contributed by atoms with Gasteiger partial charge in [-0.25, -0.2) is 0 Å². The minimum absolute atomic E-state index is 0.00339. The van der Waals surface area contributed by atoms with Crippen LogP contribution in [0.15, 0.2) is 47.0 Å². The first-order chi connectivity index (χ1) is 15.2. The number of carbonyl (C=O) groups excluding carboxylic acids is 2. The van der Waals surface area contributed by atoms with Crippen LogP contribution >= 0.6 is 11.6 Å². The van der Waals surface area contributed by atoms with Crippen LogP contribution in [0.5, 0.6) is 0 Å². The molecule has 0 aliphatic carbocycles. The molecular formula is C24H27ClN4O3. The summed E-state index contributed by atoms with van der Waals surface area (Å²) < 4.78 is 5.29. The molecular weight excluding hydrogens is 428 g/mol. The summed E-state index contributed by atoms with van der Waals surface area (Å²) in [4.78, 5) is 29.0. The molecule has 7 nitrogen and oxygen atoms in total. The average molecular weight is 455 g/mol. The van der Waals surface area contributed by atoms with E-state index in [1.807, 2.05) is 38.1 Å². The number of hydrogen-bond acceptors (Lipinski definition) is 5. The highest BCUT2D eigenvalue weighted by Gasteiger charge is 2.14. The second kappa shape index (κ2) is 10.4. The molecule has 0 saturated heterocycles. The van der Waals surface area contributed by atoms with E-state index in [-0.39, 0.29) is 30.7 Å². The van der Waals surface area contributed by atoms with E-state index in [2.05, 4.69) is 34.6 Å². The molecule has 0 aliphatic heterocycles. The highest BCUT2D eigenvalue weighted by Crippen LogP contribution is 2.24. The summed E-state index contributed by atoms with van der Waals surface area (Å²) in [5, 5.41) is 9.91. The van der Waals surface area contributed by atoms with Gasteiger partial charge in [-0.1, -0.05) is 54.9 Å². The van der Waals surface area contributed by atoms with Crippen molar-refractivity contribution in [3.63, 3.8) is 0 Å². The smallest absolute Gasteiger partial charge is 0.251 e. The van der Waals surface area contributed by atoms with Gasteiger partial charge in [-0.2, -0.15) is 4.98 Å². The fourth-order valence-corrected chi connectivity index (χ4v) is 3.20. The Morgan fingerprint density at radius 3 is 2.44 bits per heavy atom. The molecule has 0 unspecified atom stereocenters. The van der Waals surface area contributed by atoms with Crippen LogP contribution in [-0.4, -0.2) is 28.0 Å². The third-order valence-corrected chi connectivity index (χ3v) is 5.12. The van der Waals surface area contributed by atoms with Gasteiger partial charge in [0, 0.05) is 30.0 Å². The monoisotopic (exact) mass is 454 g/mol. The second-order valence-electron chi connectivity index (χ2n) is 8.16. The number of carbonyl (C=O) groups is 2. The van der Waals surface area contributed by atoms with E-state index in [9.17, 15) is 9.59 Å². The van der Waals surface area contributed by atoms with E-state index in [0.717, 1.165) is 5.56 Å². The summed E-state index contributed by atoms with van der Waals surface area (Å²) in [6.45, 7) is 8.02. The van der Waals surface area contributed by atoms with Crippen LogP contribution in [0.2, 0.25) is 5.02 Å². The lowest BCUT2D eigenvalue weighted by Crippen LogP contribution is -2.30. The standard InChI is InChI=1S/C24H27ClN4O3/c1-14(2)16-5-7-17(8-6-16)23-28-22(32-29-23)12-11-21(30)27-20-13-18(9-10-19(20)25)24(31)26-15(3)4/h5-10,13-15H,11-12H2,1-4H3,(H,26,31)(H,27,30). The molecule has 2 N–H and O–H groups in total. The zero-order valence-electron chi connectivity index (χ0n) is 18.6. The Hall–Kier alpha value is -3.19. The van der Waals surface area contributed by atoms with Crippen LogP contribution in [0.25, 0.3) is 11.4 Å². The lowest BCUT2D eigenvalue weighted by molar-refractivity contribution is -0.116. The number of amides is 2. The average Bonchev–Trinajstić information content (AvgIpc) is 3.22. The summed E-state index contributed by atoms with van der Waals surface area (Å²) >= 11 is 6.18. The molecule has 1 heterocycles. The summed E-state index contributed by atoms with van der Waals surface area (Å²) in [6.07, 6.45) is 0.417. The van der Waals surface area contributed by atoms with Crippen molar-refractivity contribution in [1.29, 1.82) is 0 Å². The van der Waals surface area contributed by atoms with Gasteiger partial charge in [0.25, 0.3) is 5.91 Å². The molecule has 0 saturated carbocycles. The molecule has 3 rings (SSSR count). The van der Waals surface area contributed by atoms with Crippen LogP contribution < -0.4 is 10.6 Å². The lowest BCUT2D eigenvalue weighted by atomic mass is 10.0. The van der Waals surface area contributed by atoms with Gasteiger partial charge in [0.1, 0.15) is 0 Å². The van der Waals surface area contributed by atoms with Crippen molar-refractivity contribution in [2.75, 3.05) is 5.32 Å². The van der Waals surface area contributed by atoms with Crippen LogP contribution in [0.3, 0.4) is 0 Å². The Balaban J connectivity index is 1.59. The van der Waals surface area contributed by atoms with Crippen molar-refractivity contribution in [1.82, 2.24) is 15.5 Å². The molecule has 0 atom stereocenters. The quantitative estimate of drug-likeness (QED) is 0.486. The summed E-state index contributed by atoms with van der Waals surface area (Å²) in [6, 6.07) is 12.8. The Morgan fingerprint density at radius 1 is 1.06 bits per heavy atom. The molecule has 3 aromatic rings. The first kappa shape index (κ1) is 23.5. The van der Waals surface area contributed by atoms with Gasteiger partial charge in [-0.15, -0.1) is 0 Å². The molecule has 0 bridgehead atoms. The number of nitrogens with one attached hydrogen (secondary N) is 2. The molecule has 0 radical (unpaired) electrons. The molecule has 2 aromatic carbocycles. The molecule has 168 valence electrons. The van der Waals surface area contributed by atoms with Crippen LogP contribution in [0.4, 0.5) is 5.69 Å². The molecule has 32 heavy (non-hydrogen) atoms. The number of benzene rings is 2. The highest BCUT2D eigenvalue weighted by molar-refractivity contribution is 6.33. The first-order valence-corrected chi connectivity index (χ1v) is 10.9. The Morgan fingerprint density at radius 2 is 1.78 bits per heavy atom. The molecule has 1 aromatic heterocycles. The van der Waals surface area contributed by atoms with Crippen LogP contribution in [0, 0.1) is 0 Å². The minimum atomic E-state index is -0.269. The highest BCUT2D eigenvalue weighted by atomic mass is 35.5. The zero-order chi connectivity index (χ0) is 23.3. The molecule has 0 fully saturated rings. The Labute approximate surface area is 192 Å². The number of halogens is 1. The van der Waals surface area contributed by atoms with E-state index < -0.39 is 0 Å². The maximum absolute atomic E-state index is 12.4. The molecule has 0 aliphatic rings. The predicted molar refractivity (Wildman–Crippen MR) is 125 cm³/mol. The fraction of sp³-hybridized carbons (Fsp3) is 0.333. The molecule has 2 amide bonds. The maximum atomic E-state index is 12.4. The van der Waals surface area contributed by atoms with Crippen molar-refractivity contribution in [2.45, 2.75) is 52.5 Å². The summed E-state index contributed by atoms with van der Waals surface area (Å²) in [5.41, 5.74) is 2.89. The number of aryl methyl sites for hydroxylation is 1. The third kappa shape index (κ3) is 6.17. The Bertz CT molecular complexity index is 1090. The Kier molecular flexibility index (Phi) is 7.64. The number of anilines is 1. The number of rotatable bonds is 8. The van der Waals surface area contributed by atoms with Gasteiger partial charge in [0.2, 0.25) is 17.6 Å². The number of nitrogens with zero attached hydrogens (tertiary/aromatic N) is 2. The van der Waals surface area contributed by atoms with Crippen molar-refractivity contribution in [3.05, 3.63) is 64.5 Å². The van der Waals surface area contributed by atoms with Crippen LogP contribution in [0.1, 0.15) is 61.8 Å². The normalized spacial score (nSPS) is 11.1. The van der Waals surface area contributed by atoms with Crippen molar-refractivity contribution in [3.8, 4) is 11.4 Å². The van der Waals surface area contributed by atoms with Crippen molar-refractivity contribution in [2.24, 2.45) is 0 Å². The topological polar surface area (TPSA) is 97.1 Å². The van der Waals surface area contributed by atoms with Gasteiger partial charge >= 0.3 is 0 Å². The number of aromatic nitrogens is 2. The van der Waals surface area contributed by atoms with E-state index in [4.69, 9.17) is 16.1 Å². The predicted octanol–water partition coefficient (Wildman–Crippen LogP) is 5.22. The summed E-state index contributed by atoms with van der Waals surface area (Å²) in [5.74, 6) is 0.811. The largest absolute Gasteiger partial charge is 0.350 e. The fourth-order valence-electron chi connectivity index (χ4n) is 3.03. The third-order valence-electron chi connectivity index (χ3n) is 4.79. The summed E-state index contributed by atoms with van der Waals surface area (Å²) in [7, 11) is 0.